The second-order valence-electron chi connectivity index (χ2n) is 6.58. The Morgan fingerprint density at radius 3 is 2.59 bits per heavy atom. The van der Waals surface area contributed by atoms with Crippen LogP contribution in [0, 0.1) is 0 Å². The van der Waals surface area contributed by atoms with E-state index in [9.17, 15) is 4.79 Å². The first-order valence-electron chi connectivity index (χ1n) is 9.05. The van der Waals surface area contributed by atoms with Crippen LogP contribution >= 0.6 is 11.3 Å². The molecule has 136 valence electrons. The van der Waals surface area contributed by atoms with Crippen molar-refractivity contribution in [1.82, 2.24) is 9.99 Å². The zero-order valence-electron chi connectivity index (χ0n) is 15.2. The van der Waals surface area contributed by atoms with Crippen LogP contribution < -0.4 is 10.2 Å². The van der Waals surface area contributed by atoms with E-state index >= 15 is 0 Å². The van der Waals surface area contributed by atoms with Crippen molar-refractivity contribution >= 4 is 33.4 Å². The summed E-state index contributed by atoms with van der Waals surface area (Å²) in [5, 5.41) is 4.46. The molecule has 1 fully saturated rings. The molecule has 2 aromatic carbocycles. The van der Waals surface area contributed by atoms with Gasteiger partial charge in [0.15, 0.2) is 5.78 Å². The van der Waals surface area contributed by atoms with Crippen LogP contribution in [-0.2, 0) is 11.8 Å². The quantitative estimate of drug-likeness (QED) is 0.546. The summed E-state index contributed by atoms with van der Waals surface area (Å²) in [5.41, 5.74) is 6.87. The second-order valence-corrected chi connectivity index (χ2v) is 7.59. The summed E-state index contributed by atoms with van der Waals surface area (Å²) in [4.78, 5) is 13.6. The van der Waals surface area contributed by atoms with Crippen LogP contribution in [0.4, 0.5) is 0 Å². The molecule has 1 aliphatic carbocycles. The summed E-state index contributed by atoms with van der Waals surface area (Å²) < 4.78 is 3.24. The number of Topliss-reactive ketones (excluding diaryl/α,β-unsaturated/α-hetero) is 1. The number of ketones is 1. The van der Waals surface area contributed by atoms with Crippen molar-refractivity contribution in [2.75, 3.05) is 0 Å². The number of hydrogen-bond acceptors (Lipinski definition) is 4. The van der Waals surface area contributed by atoms with Crippen LogP contribution in [-0.4, -0.2) is 10.4 Å². The first-order valence-corrected chi connectivity index (χ1v) is 9.87. The molecule has 0 spiro atoms. The third-order valence-corrected chi connectivity index (χ3v) is 5.84. The number of allylic oxidation sites excluding steroid dienone is 2. The standard InChI is InChI=1S/C22H21N3OS/c1-25-19-12-5-6-13-20(19)27-22(25)24-23-15-18-11-7-10-17(21(18)26)14-16-8-3-2-4-9-16/h2-6,8-9,12-15,23H,7,10-11H2,1H3. The van der Waals surface area contributed by atoms with Gasteiger partial charge in [0, 0.05) is 24.4 Å². The second kappa shape index (κ2) is 7.76. The van der Waals surface area contributed by atoms with Crippen LogP contribution in [0.1, 0.15) is 24.8 Å². The Labute approximate surface area is 162 Å². The lowest BCUT2D eigenvalue weighted by atomic mass is 9.88. The Morgan fingerprint density at radius 2 is 1.78 bits per heavy atom. The average Bonchev–Trinajstić information content (AvgIpc) is 3.02. The van der Waals surface area contributed by atoms with E-state index in [1.165, 1.54) is 4.70 Å². The van der Waals surface area contributed by atoms with Gasteiger partial charge in [0.05, 0.1) is 10.2 Å². The summed E-state index contributed by atoms with van der Waals surface area (Å²) in [7, 11) is 2.00. The highest BCUT2D eigenvalue weighted by molar-refractivity contribution is 7.16. The maximum absolute atomic E-state index is 12.8. The van der Waals surface area contributed by atoms with E-state index in [1.54, 1.807) is 17.5 Å². The lowest BCUT2D eigenvalue weighted by molar-refractivity contribution is -0.112. The fourth-order valence-electron chi connectivity index (χ4n) is 3.28. The maximum Gasteiger partial charge on any atom is 0.208 e. The Morgan fingerprint density at radius 1 is 1.04 bits per heavy atom. The minimum absolute atomic E-state index is 0.119. The van der Waals surface area contributed by atoms with Crippen molar-refractivity contribution in [3.05, 3.63) is 82.3 Å². The number of para-hydroxylation sites is 1. The predicted molar refractivity (Wildman–Crippen MR) is 111 cm³/mol. The molecule has 4 rings (SSSR count). The number of thiazole rings is 1. The molecule has 1 aliphatic rings. The summed E-state index contributed by atoms with van der Waals surface area (Å²) in [6, 6.07) is 18.2. The van der Waals surface area contributed by atoms with Crippen molar-refractivity contribution in [3.8, 4) is 0 Å². The molecule has 0 amide bonds. The molecular formula is C22H21N3OS. The molecule has 3 aromatic rings. The predicted octanol–water partition coefficient (Wildman–Crippen LogP) is 4.37. The van der Waals surface area contributed by atoms with E-state index in [0.717, 1.165) is 46.3 Å². The highest BCUT2D eigenvalue weighted by atomic mass is 32.1. The van der Waals surface area contributed by atoms with Crippen LogP contribution in [0.15, 0.2) is 77.0 Å². The minimum atomic E-state index is 0.119. The molecular weight excluding hydrogens is 354 g/mol. The third-order valence-electron chi connectivity index (χ3n) is 4.73. The summed E-state index contributed by atoms with van der Waals surface area (Å²) in [5.74, 6) is 0.119. The lowest BCUT2D eigenvalue weighted by Crippen LogP contribution is -2.17. The molecule has 0 atom stereocenters. The lowest BCUT2D eigenvalue weighted by Gasteiger charge is -2.16. The van der Waals surface area contributed by atoms with E-state index in [4.69, 9.17) is 0 Å². The average molecular weight is 375 g/mol. The largest absolute Gasteiger partial charge is 0.318 e. The van der Waals surface area contributed by atoms with E-state index in [1.807, 2.05) is 55.6 Å². The van der Waals surface area contributed by atoms with E-state index < -0.39 is 0 Å². The number of nitrogens with zero attached hydrogens (tertiary/aromatic N) is 2. The number of carbonyl (C=O) groups excluding carboxylic acids is 1. The molecule has 4 nitrogen and oxygen atoms in total. The molecule has 0 radical (unpaired) electrons. The Kier molecular flexibility index (Phi) is 5.03. The van der Waals surface area contributed by atoms with Gasteiger partial charge in [-0.15, -0.1) is 5.10 Å². The van der Waals surface area contributed by atoms with Gasteiger partial charge in [0.1, 0.15) is 0 Å². The number of aryl methyl sites for hydroxylation is 1. The summed E-state index contributed by atoms with van der Waals surface area (Å²) >= 11 is 1.62. The molecule has 0 aliphatic heterocycles. The van der Waals surface area contributed by atoms with Gasteiger partial charge in [-0.1, -0.05) is 53.8 Å². The topological polar surface area (TPSA) is 46.4 Å². The van der Waals surface area contributed by atoms with Gasteiger partial charge < -0.3 is 4.57 Å². The van der Waals surface area contributed by atoms with Gasteiger partial charge in [-0.25, -0.2) is 0 Å². The van der Waals surface area contributed by atoms with E-state index in [2.05, 4.69) is 27.2 Å². The first kappa shape index (κ1) is 17.5. The normalized spacial score (nSPS) is 18.6. The molecule has 1 heterocycles. The van der Waals surface area contributed by atoms with Crippen molar-refractivity contribution in [3.63, 3.8) is 0 Å². The minimum Gasteiger partial charge on any atom is -0.318 e. The number of fused-ring (bicyclic) bond motifs is 1. The van der Waals surface area contributed by atoms with Crippen LogP contribution in [0.3, 0.4) is 0 Å². The number of hydrogen-bond donors (Lipinski definition) is 1. The van der Waals surface area contributed by atoms with Gasteiger partial charge in [-0.3, -0.25) is 10.2 Å². The molecule has 1 aromatic heterocycles. The van der Waals surface area contributed by atoms with Crippen molar-refractivity contribution in [2.24, 2.45) is 12.1 Å². The fourth-order valence-corrected chi connectivity index (χ4v) is 4.27. The van der Waals surface area contributed by atoms with Crippen LogP contribution in [0.5, 0.6) is 0 Å². The molecule has 5 heteroatoms. The van der Waals surface area contributed by atoms with Crippen molar-refractivity contribution in [1.29, 1.82) is 0 Å². The maximum atomic E-state index is 12.8. The van der Waals surface area contributed by atoms with E-state index in [-0.39, 0.29) is 5.78 Å². The number of benzene rings is 2. The Hall–Kier alpha value is -2.92. The molecule has 0 saturated heterocycles. The highest BCUT2D eigenvalue weighted by Gasteiger charge is 2.20. The van der Waals surface area contributed by atoms with E-state index in [0.29, 0.717) is 0 Å². The highest BCUT2D eigenvalue weighted by Crippen LogP contribution is 2.26. The van der Waals surface area contributed by atoms with Gasteiger partial charge >= 0.3 is 0 Å². The number of aromatic nitrogens is 1. The Balaban J connectivity index is 1.55. The molecule has 27 heavy (non-hydrogen) atoms. The smallest absolute Gasteiger partial charge is 0.208 e. The summed E-state index contributed by atoms with van der Waals surface area (Å²) in [6.45, 7) is 0. The monoisotopic (exact) mass is 375 g/mol. The fraction of sp³-hybridized carbons (Fsp3) is 0.182. The van der Waals surface area contributed by atoms with Crippen LogP contribution in [0.2, 0.25) is 0 Å². The molecule has 0 unspecified atom stereocenters. The van der Waals surface area contributed by atoms with Crippen molar-refractivity contribution in [2.45, 2.75) is 19.3 Å². The molecule has 1 saturated carbocycles. The van der Waals surface area contributed by atoms with Gasteiger partial charge in [-0.2, -0.15) is 0 Å². The molecule has 1 N–H and O–H groups in total. The zero-order valence-corrected chi connectivity index (χ0v) is 16.0. The Bertz CT molecular complexity index is 1100. The number of rotatable bonds is 3. The number of carbonyl (C=O) groups is 1. The van der Waals surface area contributed by atoms with Gasteiger partial charge in [0.25, 0.3) is 0 Å². The zero-order chi connectivity index (χ0) is 18.6. The SMILES string of the molecule is Cn1c(=NNC=C2CCCC(=Cc3ccccc3)C2=O)sc2ccccc21. The van der Waals surface area contributed by atoms with Crippen LogP contribution in [0.25, 0.3) is 16.3 Å². The molecule has 0 bridgehead atoms. The summed E-state index contributed by atoms with van der Waals surface area (Å²) in [6.07, 6.45) is 6.34. The van der Waals surface area contributed by atoms with Gasteiger partial charge in [-0.05, 0) is 43.0 Å². The number of nitrogens with one attached hydrogen (secondary N) is 1. The van der Waals surface area contributed by atoms with Crippen molar-refractivity contribution < 1.29 is 4.79 Å². The first-order chi connectivity index (χ1) is 13.2. The van der Waals surface area contributed by atoms with Gasteiger partial charge in [0.2, 0.25) is 4.80 Å². The third kappa shape index (κ3) is 3.78.